The molecule has 0 atom stereocenters. The summed E-state index contributed by atoms with van der Waals surface area (Å²) in [5.41, 5.74) is 3.57. The second-order valence-corrected chi connectivity index (χ2v) is 8.78. The van der Waals surface area contributed by atoms with Crippen LogP contribution in [-0.4, -0.2) is 31.8 Å². The van der Waals surface area contributed by atoms with Gasteiger partial charge >= 0.3 is 0 Å². The van der Waals surface area contributed by atoms with Crippen LogP contribution in [0.1, 0.15) is 24.1 Å². The standard InChI is InChI=1S/C30H32N2O5/c1-32-25(19-31-28(33)12-8-9-20-13-16-26(36-3)27(17-20)37-4)29(21-10-6-5-7-11-21)24-18-22(35-2)14-15-23(24)30(32)34/h5-7,10-11,13-18H,8-9,12,19H2,1-4H3,(H,31,33). The van der Waals surface area contributed by atoms with Crippen molar-refractivity contribution in [3.8, 4) is 28.4 Å². The van der Waals surface area contributed by atoms with E-state index in [1.807, 2.05) is 54.6 Å². The number of carbonyl (C=O) groups is 1. The lowest BCUT2D eigenvalue weighted by atomic mass is 9.96. The minimum atomic E-state index is -0.116. The normalized spacial score (nSPS) is 10.8. The van der Waals surface area contributed by atoms with Gasteiger partial charge in [-0.2, -0.15) is 0 Å². The average molecular weight is 501 g/mol. The van der Waals surface area contributed by atoms with Crippen molar-refractivity contribution in [2.75, 3.05) is 21.3 Å². The fraction of sp³-hybridized carbons (Fsp3) is 0.267. The molecule has 1 N–H and O–H groups in total. The molecule has 192 valence electrons. The third kappa shape index (κ3) is 5.61. The van der Waals surface area contributed by atoms with Crippen LogP contribution in [-0.2, 0) is 24.8 Å². The zero-order valence-corrected chi connectivity index (χ0v) is 21.7. The van der Waals surface area contributed by atoms with Gasteiger partial charge in [-0.3, -0.25) is 9.59 Å². The van der Waals surface area contributed by atoms with Crippen molar-refractivity contribution >= 4 is 16.7 Å². The molecule has 7 nitrogen and oxygen atoms in total. The van der Waals surface area contributed by atoms with E-state index < -0.39 is 0 Å². The van der Waals surface area contributed by atoms with Crippen LogP contribution >= 0.6 is 0 Å². The molecule has 0 spiro atoms. The Bertz CT molecular complexity index is 1460. The quantitative estimate of drug-likeness (QED) is 0.336. The highest BCUT2D eigenvalue weighted by Crippen LogP contribution is 2.33. The first kappa shape index (κ1) is 25.8. The number of aromatic nitrogens is 1. The molecular weight excluding hydrogens is 468 g/mol. The van der Waals surface area contributed by atoms with Gasteiger partial charge in [0.25, 0.3) is 5.56 Å². The van der Waals surface area contributed by atoms with E-state index in [4.69, 9.17) is 14.2 Å². The summed E-state index contributed by atoms with van der Waals surface area (Å²) in [4.78, 5) is 26.0. The lowest BCUT2D eigenvalue weighted by molar-refractivity contribution is -0.121. The summed E-state index contributed by atoms with van der Waals surface area (Å²) in [5, 5.41) is 4.42. The summed E-state index contributed by atoms with van der Waals surface area (Å²) in [7, 11) is 6.56. The minimum absolute atomic E-state index is 0.0716. The number of ether oxygens (including phenoxy) is 3. The highest BCUT2D eigenvalue weighted by Gasteiger charge is 2.18. The Morgan fingerprint density at radius 1 is 0.865 bits per heavy atom. The molecule has 3 aromatic carbocycles. The molecular formula is C30H32N2O5. The van der Waals surface area contributed by atoms with Gasteiger partial charge in [0.15, 0.2) is 11.5 Å². The number of benzene rings is 3. The fourth-order valence-corrected chi connectivity index (χ4v) is 4.56. The van der Waals surface area contributed by atoms with Gasteiger partial charge < -0.3 is 24.1 Å². The van der Waals surface area contributed by atoms with E-state index in [9.17, 15) is 9.59 Å². The first-order valence-corrected chi connectivity index (χ1v) is 12.2. The summed E-state index contributed by atoms with van der Waals surface area (Å²) in [6, 6.07) is 21.1. The molecule has 0 radical (unpaired) electrons. The van der Waals surface area contributed by atoms with Crippen LogP contribution in [0.3, 0.4) is 0 Å². The molecule has 37 heavy (non-hydrogen) atoms. The average Bonchev–Trinajstić information content (AvgIpc) is 2.94. The molecule has 0 fully saturated rings. The maximum atomic E-state index is 13.2. The van der Waals surface area contributed by atoms with Gasteiger partial charge in [0.1, 0.15) is 5.75 Å². The number of amides is 1. The molecule has 0 saturated heterocycles. The largest absolute Gasteiger partial charge is 0.497 e. The Morgan fingerprint density at radius 3 is 2.32 bits per heavy atom. The summed E-state index contributed by atoms with van der Waals surface area (Å²) >= 11 is 0. The van der Waals surface area contributed by atoms with Crippen LogP contribution in [0.5, 0.6) is 17.2 Å². The molecule has 1 heterocycles. The maximum absolute atomic E-state index is 13.2. The molecule has 4 rings (SSSR count). The van der Waals surface area contributed by atoms with Crippen LogP contribution < -0.4 is 25.1 Å². The number of rotatable bonds is 10. The highest BCUT2D eigenvalue weighted by molar-refractivity contribution is 5.98. The topological polar surface area (TPSA) is 78.8 Å². The molecule has 1 amide bonds. The monoisotopic (exact) mass is 500 g/mol. The lowest BCUT2D eigenvalue weighted by Gasteiger charge is -2.19. The van der Waals surface area contributed by atoms with Crippen LogP contribution in [0.2, 0.25) is 0 Å². The van der Waals surface area contributed by atoms with Gasteiger partial charge in [-0.25, -0.2) is 0 Å². The van der Waals surface area contributed by atoms with Crippen molar-refractivity contribution < 1.29 is 19.0 Å². The maximum Gasteiger partial charge on any atom is 0.258 e. The third-order valence-corrected chi connectivity index (χ3v) is 6.56. The lowest BCUT2D eigenvalue weighted by Crippen LogP contribution is -2.29. The van der Waals surface area contributed by atoms with Gasteiger partial charge in [-0.1, -0.05) is 36.4 Å². The number of nitrogens with zero attached hydrogens (tertiary/aromatic N) is 1. The molecule has 0 aliphatic heterocycles. The fourth-order valence-electron chi connectivity index (χ4n) is 4.56. The summed E-state index contributed by atoms with van der Waals surface area (Å²) in [5.74, 6) is 1.95. The van der Waals surface area contributed by atoms with E-state index >= 15 is 0 Å². The van der Waals surface area contributed by atoms with Gasteiger partial charge in [0.2, 0.25) is 5.91 Å². The first-order valence-electron chi connectivity index (χ1n) is 12.2. The van der Waals surface area contributed by atoms with Crippen molar-refractivity contribution in [2.45, 2.75) is 25.8 Å². The van der Waals surface area contributed by atoms with Crippen LogP contribution in [0.15, 0.2) is 71.5 Å². The third-order valence-electron chi connectivity index (χ3n) is 6.56. The number of methoxy groups -OCH3 is 3. The van der Waals surface area contributed by atoms with E-state index in [0.29, 0.717) is 35.5 Å². The Labute approximate surface area is 216 Å². The Balaban J connectivity index is 1.54. The van der Waals surface area contributed by atoms with Gasteiger partial charge in [0.05, 0.1) is 27.9 Å². The number of hydrogen-bond donors (Lipinski definition) is 1. The molecule has 1 aromatic heterocycles. The Hall–Kier alpha value is -4.26. The van der Waals surface area contributed by atoms with Crippen molar-refractivity contribution in [3.05, 3.63) is 88.3 Å². The van der Waals surface area contributed by atoms with E-state index in [0.717, 1.165) is 34.2 Å². The number of aryl methyl sites for hydroxylation is 1. The Morgan fingerprint density at radius 2 is 1.62 bits per heavy atom. The Kier molecular flexibility index (Phi) is 8.13. The number of pyridine rings is 1. The van der Waals surface area contributed by atoms with E-state index in [1.165, 1.54) is 0 Å². The number of carbonyl (C=O) groups excluding carboxylic acids is 1. The molecule has 4 aromatic rings. The van der Waals surface area contributed by atoms with Crippen molar-refractivity contribution in [2.24, 2.45) is 7.05 Å². The van der Waals surface area contributed by atoms with Gasteiger partial charge in [0, 0.05) is 35.5 Å². The second-order valence-electron chi connectivity index (χ2n) is 8.78. The van der Waals surface area contributed by atoms with E-state index in [-0.39, 0.29) is 18.0 Å². The zero-order chi connectivity index (χ0) is 26.4. The van der Waals surface area contributed by atoms with Crippen LogP contribution in [0.25, 0.3) is 21.9 Å². The summed E-state index contributed by atoms with van der Waals surface area (Å²) in [6.07, 6.45) is 1.78. The highest BCUT2D eigenvalue weighted by atomic mass is 16.5. The summed E-state index contributed by atoms with van der Waals surface area (Å²) in [6.45, 7) is 0.234. The molecule has 0 aliphatic rings. The first-order chi connectivity index (χ1) is 18.0. The molecule has 0 saturated carbocycles. The minimum Gasteiger partial charge on any atom is -0.497 e. The SMILES string of the molecule is COc1ccc2c(=O)n(C)c(CNC(=O)CCCc3ccc(OC)c(OC)c3)c(-c3ccccc3)c2c1. The summed E-state index contributed by atoms with van der Waals surface area (Å²) < 4.78 is 17.7. The molecule has 0 bridgehead atoms. The van der Waals surface area contributed by atoms with Crippen molar-refractivity contribution in [1.29, 1.82) is 0 Å². The van der Waals surface area contributed by atoms with Crippen LogP contribution in [0, 0.1) is 0 Å². The van der Waals surface area contributed by atoms with E-state index in [2.05, 4.69) is 5.32 Å². The number of hydrogen-bond acceptors (Lipinski definition) is 5. The molecule has 0 aliphatic carbocycles. The number of nitrogens with one attached hydrogen (secondary N) is 1. The number of fused-ring (bicyclic) bond motifs is 1. The smallest absolute Gasteiger partial charge is 0.258 e. The van der Waals surface area contributed by atoms with Crippen molar-refractivity contribution in [1.82, 2.24) is 9.88 Å². The van der Waals surface area contributed by atoms with Gasteiger partial charge in [-0.05, 0) is 54.3 Å². The molecule has 0 unspecified atom stereocenters. The van der Waals surface area contributed by atoms with Crippen LogP contribution in [0.4, 0.5) is 0 Å². The second kappa shape index (κ2) is 11.6. The predicted molar refractivity (Wildman–Crippen MR) is 146 cm³/mol. The van der Waals surface area contributed by atoms with Gasteiger partial charge in [-0.15, -0.1) is 0 Å². The molecule has 7 heteroatoms. The zero-order valence-electron chi connectivity index (χ0n) is 21.7. The predicted octanol–water partition coefficient (Wildman–Crippen LogP) is 4.87. The van der Waals surface area contributed by atoms with E-state index in [1.54, 1.807) is 45.1 Å². The van der Waals surface area contributed by atoms with Crippen molar-refractivity contribution in [3.63, 3.8) is 0 Å².